The molecule has 0 bridgehead atoms. The van der Waals surface area contributed by atoms with Crippen molar-refractivity contribution in [3.05, 3.63) is 35.9 Å². The molecule has 2 amide bonds. The third-order valence-corrected chi connectivity index (χ3v) is 3.76. The number of hydrogen-bond acceptors (Lipinski definition) is 3. The number of hydrogen-bond donors (Lipinski definition) is 3. The predicted octanol–water partition coefficient (Wildman–Crippen LogP) is 0.461. The van der Waals surface area contributed by atoms with Crippen LogP contribution >= 0.6 is 0 Å². The summed E-state index contributed by atoms with van der Waals surface area (Å²) < 4.78 is 0. The van der Waals surface area contributed by atoms with Crippen LogP contribution in [0.25, 0.3) is 0 Å². The van der Waals surface area contributed by atoms with Gasteiger partial charge in [-0.05, 0) is 43.8 Å². The lowest BCUT2D eigenvalue weighted by molar-refractivity contribution is -0.139. The topological polar surface area (TPSA) is 70.2 Å². The van der Waals surface area contributed by atoms with Crippen molar-refractivity contribution >= 4 is 11.8 Å². The molecule has 2 rings (SSSR count). The number of carbonyl (C=O) groups excluding carboxylic acids is 2. The van der Waals surface area contributed by atoms with Gasteiger partial charge in [0.2, 0.25) is 0 Å². The minimum atomic E-state index is -0.542. The van der Waals surface area contributed by atoms with E-state index in [1.807, 2.05) is 30.3 Å². The number of benzene rings is 1. The number of carbonyl (C=O) groups is 2. The lowest BCUT2D eigenvalue weighted by Crippen LogP contribution is -2.43. The average molecular weight is 289 g/mol. The number of amides is 2. The summed E-state index contributed by atoms with van der Waals surface area (Å²) in [6.45, 7) is 3.05. The van der Waals surface area contributed by atoms with Crippen molar-refractivity contribution in [1.29, 1.82) is 0 Å². The molecule has 114 valence electrons. The second-order valence-corrected chi connectivity index (χ2v) is 5.39. The summed E-state index contributed by atoms with van der Waals surface area (Å²) in [4.78, 5) is 23.4. The van der Waals surface area contributed by atoms with Crippen LogP contribution in [-0.4, -0.2) is 38.0 Å². The maximum Gasteiger partial charge on any atom is 0.309 e. The summed E-state index contributed by atoms with van der Waals surface area (Å²) in [7, 11) is 0. The first-order valence-corrected chi connectivity index (χ1v) is 7.56. The zero-order valence-electron chi connectivity index (χ0n) is 12.2. The van der Waals surface area contributed by atoms with Crippen molar-refractivity contribution in [3.8, 4) is 0 Å². The molecule has 0 spiro atoms. The number of nitrogens with one attached hydrogen (secondary N) is 3. The zero-order valence-corrected chi connectivity index (χ0v) is 12.2. The maximum absolute atomic E-state index is 11.7. The quantitative estimate of drug-likeness (QED) is 0.690. The van der Waals surface area contributed by atoms with Crippen LogP contribution in [0, 0.1) is 5.92 Å². The molecule has 1 aromatic rings. The molecule has 1 aliphatic heterocycles. The van der Waals surface area contributed by atoms with Crippen molar-refractivity contribution in [3.63, 3.8) is 0 Å². The molecule has 0 atom stereocenters. The highest BCUT2D eigenvalue weighted by Gasteiger charge is 2.17. The first-order chi connectivity index (χ1) is 10.3. The predicted molar refractivity (Wildman–Crippen MR) is 81.8 cm³/mol. The van der Waals surface area contributed by atoms with Crippen LogP contribution in [0.3, 0.4) is 0 Å². The maximum atomic E-state index is 11.7. The summed E-state index contributed by atoms with van der Waals surface area (Å²) >= 11 is 0. The highest BCUT2D eigenvalue weighted by atomic mass is 16.2. The Balaban J connectivity index is 1.62. The fourth-order valence-electron chi connectivity index (χ4n) is 2.45. The second-order valence-electron chi connectivity index (χ2n) is 5.39. The van der Waals surface area contributed by atoms with Gasteiger partial charge in [-0.15, -0.1) is 0 Å². The van der Waals surface area contributed by atoms with Crippen molar-refractivity contribution in [2.75, 3.05) is 26.2 Å². The lowest BCUT2D eigenvalue weighted by Gasteiger charge is -2.22. The van der Waals surface area contributed by atoms with E-state index in [1.165, 1.54) is 0 Å². The number of piperidine rings is 1. The molecule has 1 fully saturated rings. The van der Waals surface area contributed by atoms with Crippen LogP contribution in [0.2, 0.25) is 0 Å². The van der Waals surface area contributed by atoms with E-state index >= 15 is 0 Å². The molecule has 0 aromatic heterocycles. The smallest absolute Gasteiger partial charge is 0.309 e. The molecule has 1 aliphatic rings. The van der Waals surface area contributed by atoms with Gasteiger partial charge in [-0.2, -0.15) is 0 Å². The van der Waals surface area contributed by atoms with Crippen molar-refractivity contribution in [2.24, 2.45) is 5.92 Å². The van der Waals surface area contributed by atoms with Gasteiger partial charge in [-0.3, -0.25) is 9.59 Å². The van der Waals surface area contributed by atoms with E-state index in [2.05, 4.69) is 16.0 Å². The van der Waals surface area contributed by atoms with Crippen LogP contribution in [0.1, 0.15) is 18.4 Å². The molecule has 0 radical (unpaired) electrons. The largest absolute Gasteiger partial charge is 0.348 e. The SMILES string of the molecule is O=C(NCCc1ccccc1)C(=O)NCC1CCNCC1. The van der Waals surface area contributed by atoms with Crippen LogP contribution < -0.4 is 16.0 Å². The van der Waals surface area contributed by atoms with Crippen molar-refractivity contribution in [2.45, 2.75) is 19.3 Å². The van der Waals surface area contributed by atoms with Gasteiger partial charge in [0.1, 0.15) is 0 Å². The molecule has 3 N–H and O–H groups in total. The molecule has 1 heterocycles. The molecule has 1 aromatic carbocycles. The van der Waals surface area contributed by atoms with Gasteiger partial charge in [-0.25, -0.2) is 0 Å². The Morgan fingerprint density at radius 1 is 1.05 bits per heavy atom. The fourth-order valence-corrected chi connectivity index (χ4v) is 2.45. The van der Waals surface area contributed by atoms with E-state index in [1.54, 1.807) is 0 Å². The summed E-state index contributed by atoms with van der Waals surface area (Å²) in [5, 5.41) is 8.65. The minimum absolute atomic E-state index is 0.476. The van der Waals surface area contributed by atoms with Gasteiger partial charge >= 0.3 is 11.8 Å². The Hall–Kier alpha value is -1.88. The van der Waals surface area contributed by atoms with E-state index in [4.69, 9.17) is 0 Å². The Labute approximate surface area is 125 Å². The number of rotatable bonds is 5. The first kappa shape index (κ1) is 15.5. The summed E-state index contributed by atoms with van der Waals surface area (Å²) in [6, 6.07) is 9.88. The second kappa shape index (κ2) is 8.42. The molecule has 5 heteroatoms. The highest BCUT2D eigenvalue weighted by molar-refractivity contribution is 6.35. The van der Waals surface area contributed by atoms with Crippen molar-refractivity contribution in [1.82, 2.24) is 16.0 Å². The molecule has 21 heavy (non-hydrogen) atoms. The molecule has 0 aliphatic carbocycles. The van der Waals surface area contributed by atoms with Gasteiger partial charge in [0.25, 0.3) is 0 Å². The normalized spacial score (nSPS) is 15.4. The third kappa shape index (κ3) is 5.55. The van der Waals surface area contributed by atoms with Crippen LogP contribution in [-0.2, 0) is 16.0 Å². The monoisotopic (exact) mass is 289 g/mol. The van der Waals surface area contributed by atoms with Crippen LogP contribution in [0.15, 0.2) is 30.3 Å². The molecule has 5 nitrogen and oxygen atoms in total. The van der Waals surface area contributed by atoms with Gasteiger partial charge in [-0.1, -0.05) is 30.3 Å². The van der Waals surface area contributed by atoms with Gasteiger partial charge < -0.3 is 16.0 Å². The van der Waals surface area contributed by atoms with E-state index < -0.39 is 11.8 Å². The molecular weight excluding hydrogens is 266 g/mol. The summed E-state index contributed by atoms with van der Waals surface area (Å²) in [6.07, 6.45) is 2.83. The van der Waals surface area contributed by atoms with E-state index in [-0.39, 0.29) is 0 Å². The van der Waals surface area contributed by atoms with E-state index in [0.717, 1.165) is 37.9 Å². The minimum Gasteiger partial charge on any atom is -0.348 e. The van der Waals surface area contributed by atoms with Crippen LogP contribution in [0.5, 0.6) is 0 Å². The summed E-state index contributed by atoms with van der Waals surface area (Å²) in [5.41, 5.74) is 1.15. The Kier molecular flexibility index (Phi) is 6.22. The van der Waals surface area contributed by atoms with Gasteiger partial charge in [0.05, 0.1) is 0 Å². The molecular formula is C16H23N3O2. The van der Waals surface area contributed by atoms with E-state index in [0.29, 0.717) is 19.0 Å². The highest BCUT2D eigenvalue weighted by Crippen LogP contribution is 2.09. The molecule has 0 unspecified atom stereocenters. The van der Waals surface area contributed by atoms with Crippen molar-refractivity contribution < 1.29 is 9.59 Å². The van der Waals surface area contributed by atoms with Gasteiger partial charge in [0.15, 0.2) is 0 Å². The zero-order chi connectivity index (χ0) is 14.9. The van der Waals surface area contributed by atoms with E-state index in [9.17, 15) is 9.59 Å². The Bertz CT molecular complexity index is 456. The Morgan fingerprint density at radius 3 is 2.43 bits per heavy atom. The van der Waals surface area contributed by atoms with Crippen LogP contribution in [0.4, 0.5) is 0 Å². The standard InChI is InChI=1S/C16H23N3O2/c20-15(18-11-8-13-4-2-1-3-5-13)16(21)19-12-14-6-9-17-10-7-14/h1-5,14,17H,6-12H2,(H,18,20)(H,19,21). The summed E-state index contributed by atoms with van der Waals surface area (Å²) in [5.74, 6) is -0.589. The third-order valence-electron chi connectivity index (χ3n) is 3.76. The first-order valence-electron chi connectivity index (χ1n) is 7.56. The fraction of sp³-hybridized carbons (Fsp3) is 0.500. The average Bonchev–Trinajstić information content (AvgIpc) is 2.54. The Morgan fingerprint density at radius 2 is 1.71 bits per heavy atom. The van der Waals surface area contributed by atoms with Gasteiger partial charge in [0, 0.05) is 13.1 Å². The molecule has 1 saturated heterocycles. The lowest BCUT2D eigenvalue weighted by atomic mass is 9.98. The molecule has 0 saturated carbocycles.